The second kappa shape index (κ2) is 9.97. The molecule has 1 aliphatic heterocycles. The maximum Gasteiger partial charge on any atom is 0.357 e. The molecule has 0 aliphatic carbocycles. The SMILES string of the molecule is CNC(=O)[C@@H]1Cc2ccc(NS(=O)(=O)O)cc2CN1C(=O)CCc1ccccc1NS(=O)(=O)O. The zero-order chi connectivity index (χ0) is 25.1. The van der Waals surface area contributed by atoms with Crippen LogP contribution >= 0.6 is 0 Å². The van der Waals surface area contributed by atoms with Gasteiger partial charge in [0.25, 0.3) is 0 Å². The number of carbonyl (C=O) groups excluding carboxylic acids is 2. The summed E-state index contributed by atoms with van der Waals surface area (Å²) in [5.41, 5.74) is 2.07. The minimum Gasteiger partial charge on any atom is -0.357 e. The molecular weight excluding hydrogens is 488 g/mol. The van der Waals surface area contributed by atoms with Crippen LogP contribution in [0.25, 0.3) is 0 Å². The van der Waals surface area contributed by atoms with Crippen LogP contribution in [0.1, 0.15) is 23.1 Å². The first-order valence-corrected chi connectivity index (χ1v) is 13.0. The van der Waals surface area contributed by atoms with E-state index in [-0.39, 0.29) is 49.0 Å². The lowest BCUT2D eigenvalue weighted by Crippen LogP contribution is -2.52. The molecule has 0 aromatic heterocycles. The van der Waals surface area contributed by atoms with Gasteiger partial charge in [0.1, 0.15) is 6.04 Å². The molecule has 1 aliphatic rings. The quantitative estimate of drug-likeness (QED) is 0.321. The van der Waals surface area contributed by atoms with E-state index in [0.717, 1.165) is 5.56 Å². The van der Waals surface area contributed by atoms with Gasteiger partial charge in [-0.15, -0.1) is 0 Å². The summed E-state index contributed by atoms with van der Waals surface area (Å²) in [4.78, 5) is 27.0. The van der Waals surface area contributed by atoms with E-state index in [4.69, 9.17) is 9.11 Å². The largest absolute Gasteiger partial charge is 0.357 e. The molecule has 0 unspecified atom stereocenters. The molecule has 0 radical (unpaired) electrons. The molecule has 1 atom stereocenters. The summed E-state index contributed by atoms with van der Waals surface area (Å²) in [7, 11) is -7.52. The normalized spacial score (nSPS) is 15.9. The maximum atomic E-state index is 13.1. The van der Waals surface area contributed by atoms with Crippen molar-refractivity contribution >= 4 is 43.8 Å². The smallest absolute Gasteiger partial charge is 0.357 e. The number of nitrogens with zero attached hydrogens (tertiary/aromatic N) is 1. The zero-order valence-corrected chi connectivity index (χ0v) is 19.7. The van der Waals surface area contributed by atoms with E-state index in [2.05, 4.69) is 5.32 Å². The summed E-state index contributed by atoms with van der Waals surface area (Å²) in [6.07, 6.45) is 0.273. The number of likely N-dealkylation sites (N-methyl/N-ethyl adjacent to an activating group) is 1. The van der Waals surface area contributed by atoms with Gasteiger partial charge in [0.05, 0.1) is 11.4 Å². The van der Waals surface area contributed by atoms with Crippen molar-refractivity contribution < 1.29 is 35.5 Å². The van der Waals surface area contributed by atoms with Crippen LogP contribution in [-0.2, 0) is 49.6 Å². The molecule has 0 spiro atoms. The van der Waals surface area contributed by atoms with Gasteiger partial charge in [0, 0.05) is 26.4 Å². The van der Waals surface area contributed by atoms with Crippen LogP contribution in [-0.4, -0.2) is 55.7 Å². The summed E-state index contributed by atoms with van der Waals surface area (Å²) in [6, 6.07) is 10.0. The van der Waals surface area contributed by atoms with Gasteiger partial charge < -0.3 is 10.2 Å². The topological polar surface area (TPSA) is 182 Å². The first-order chi connectivity index (χ1) is 15.9. The third-order valence-electron chi connectivity index (χ3n) is 5.32. The highest BCUT2D eigenvalue weighted by atomic mass is 32.2. The molecule has 14 heteroatoms. The van der Waals surface area contributed by atoms with Crippen molar-refractivity contribution in [1.82, 2.24) is 10.2 Å². The molecule has 5 N–H and O–H groups in total. The van der Waals surface area contributed by atoms with Crippen molar-refractivity contribution in [2.45, 2.75) is 31.8 Å². The Morgan fingerprint density at radius 1 is 1.00 bits per heavy atom. The third-order valence-corrected chi connectivity index (χ3v) is 6.29. The Bertz CT molecular complexity index is 1310. The van der Waals surface area contributed by atoms with Crippen molar-refractivity contribution in [3.8, 4) is 0 Å². The van der Waals surface area contributed by atoms with Gasteiger partial charge >= 0.3 is 20.6 Å². The number of nitrogens with one attached hydrogen (secondary N) is 3. The number of amides is 2. The highest BCUT2D eigenvalue weighted by Crippen LogP contribution is 2.28. The fourth-order valence-corrected chi connectivity index (χ4v) is 4.72. The van der Waals surface area contributed by atoms with Gasteiger partial charge in [-0.3, -0.25) is 28.1 Å². The highest BCUT2D eigenvalue weighted by molar-refractivity contribution is 7.87. The Balaban J connectivity index is 1.82. The van der Waals surface area contributed by atoms with Crippen LogP contribution in [0.15, 0.2) is 42.5 Å². The molecular formula is C20H24N4O8S2. The number of rotatable bonds is 8. The van der Waals surface area contributed by atoms with Crippen LogP contribution in [0.5, 0.6) is 0 Å². The second-order valence-corrected chi connectivity index (χ2v) is 9.96. The molecule has 2 aromatic rings. The van der Waals surface area contributed by atoms with Crippen molar-refractivity contribution in [2.24, 2.45) is 0 Å². The Kier molecular flexibility index (Phi) is 7.45. The van der Waals surface area contributed by atoms with Crippen molar-refractivity contribution in [3.63, 3.8) is 0 Å². The van der Waals surface area contributed by atoms with Crippen molar-refractivity contribution in [1.29, 1.82) is 0 Å². The fourth-order valence-electron chi connectivity index (χ4n) is 3.82. The summed E-state index contributed by atoms with van der Waals surface area (Å²) < 4.78 is 66.7. The molecule has 12 nitrogen and oxygen atoms in total. The van der Waals surface area contributed by atoms with Crippen LogP contribution in [0.3, 0.4) is 0 Å². The number of anilines is 2. The number of carbonyl (C=O) groups is 2. The number of hydrogen-bond donors (Lipinski definition) is 5. The van der Waals surface area contributed by atoms with Crippen LogP contribution in [0.4, 0.5) is 11.4 Å². The lowest BCUT2D eigenvalue weighted by Gasteiger charge is -2.36. The first-order valence-electron chi connectivity index (χ1n) is 10.1. The minimum absolute atomic E-state index is 0.0260. The molecule has 2 amide bonds. The van der Waals surface area contributed by atoms with E-state index in [1.807, 2.05) is 9.44 Å². The predicted octanol–water partition coefficient (Wildman–Crippen LogP) is 0.748. The molecule has 1 heterocycles. The molecule has 0 bridgehead atoms. The van der Waals surface area contributed by atoms with Crippen LogP contribution in [0.2, 0.25) is 0 Å². The van der Waals surface area contributed by atoms with Crippen LogP contribution < -0.4 is 14.8 Å². The summed E-state index contributed by atoms with van der Waals surface area (Å²) >= 11 is 0. The maximum absolute atomic E-state index is 13.1. The van der Waals surface area contributed by atoms with E-state index in [0.29, 0.717) is 11.1 Å². The molecule has 0 fully saturated rings. The summed E-state index contributed by atoms with van der Waals surface area (Å²) in [5, 5.41) is 2.54. The number of fused-ring (bicyclic) bond motifs is 1. The number of benzene rings is 2. The van der Waals surface area contributed by atoms with E-state index in [1.165, 1.54) is 30.1 Å². The van der Waals surface area contributed by atoms with Gasteiger partial charge in [-0.2, -0.15) is 16.8 Å². The number of aryl methyl sites for hydroxylation is 1. The van der Waals surface area contributed by atoms with E-state index >= 15 is 0 Å². The zero-order valence-electron chi connectivity index (χ0n) is 18.1. The van der Waals surface area contributed by atoms with Gasteiger partial charge in [-0.25, -0.2) is 0 Å². The number of hydrogen-bond acceptors (Lipinski definition) is 6. The Labute approximate surface area is 197 Å². The third kappa shape index (κ3) is 6.66. The van der Waals surface area contributed by atoms with E-state index in [9.17, 15) is 26.4 Å². The number of para-hydroxylation sites is 1. The fraction of sp³-hybridized carbons (Fsp3) is 0.300. The van der Waals surface area contributed by atoms with Crippen molar-refractivity contribution in [2.75, 3.05) is 16.5 Å². The molecule has 34 heavy (non-hydrogen) atoms. The minimum atomic E-state index is -4.50. The molecule has 0 saturated heterocycles. The molecule has 184 valence electrons. The monoisotopic (exact) mass is 512 g/mol. The Hall–Kier alpha value is -3.20. The lowest BCUT2D eigenvalue weighted by molar-refractivity contribution is -0.141. The Morgan fingerprint density at radius 3 is 2.32 bits per heavy atom. The van der Waals surface area contributed by atoms with E-state index < -0.39 is 26.7 Å². The Morgan fingerprint density at radius 2 is 1.68 bits per heavy atom. The summed E-state index contributed by atoms with van der Waals surface area (Å²) in [5.74, 6) is -0.748. The average molecular weight is 513 g/mol. The van der Waals surface area contributed by atoms with E-state index in [1.54, 1.807) is 24.3 Å². The summed E-state index contributed by atoms with van der Waals surface area (Å²) in [6.45, 7) is 0.0260. The lowest BCUT2D eigenvalue weighted by atomic mass is 9.92. The molecule has 0 saturated carbocycles. The van der Waals surface area contributed by atoms with Gasteiger partial charge in [0.15, 0.2) is 0 Å². The van der Waals surface area contributed by atoms with Gasteiger partial charge in [0.2, 0.25) is 11.8 Å². The van der Waals surface area contributed by atoms with Gasteiger partial charge in [-0.1, -0.05) is 24.3 Å². The molecule has 2 aromatic carbocycles. The van der Waals surface area contributed by atoms with Crippen molar-refractivity contribution in [3.05, 3.63) is 59.2 Å². The molecule has 3 rings (SSSR count). The van der Waals surface area contributed by atoms with Crippen LogP contribution in [0, 0.1) is 0 Å². The average Bonchev–Trinajstić information content (AvgIpc) is 2.74. The van der Waals surface area contributed by atoms with Gasteiger partial charge in [-0.05, 0) is 41.3 Å². The predicted molar refractivity (Wildman–Crippen MR) is 124 cm³/mol. The highest BCUT2D eigenvalue weighted by Gasteiger charge is 2.34. The standard InChI is InChI=1S/C20H24N4O8S2/c1-21-20(26)18-11-14-6-8-16(22-33(27,28)29)10-15(14)12-24(18)19(25)9-7-13-4-2-3-5-17(13)23-34(30,31)32/h2-6,8,10,18,22-23H,7,9,11-12H2,1H3,(H,21,26)(H,27,28,29)(H,30,31,32)/t18-/m0/s1. The second-order valence-electron chi connectivity index (χ2n) is 7.65. The first kappa shape index (κ1) is 25.4.